The number of hydrogen-bond acceptors (Lipinski definition) is 3. The van der Waals surface area contributed by atoms with Crippen molar-refractivity contribution in [2.24, 2.45) is 0 Å². The summed E-state index contributed by atoms with van der Waals surface area (Å²) in [6.07, 6.45) is 3.40. The van der Waals surface area contributed by atoms with Crippen molar-refractivity contribution in [2.45, 2.75) is 11.8 Å². The lowest BCUT2D eigenvalue weighted by Crippen LogP contribution is -1.93. The molecule has 2 nitrogen and oxygen atoms in total. The van der Waals surface area contributed by atoms with Crippen molar-refractivity contribution < 1.29 is 9.53 Å². The molecule has 0 spiro atoms. The maximum atomic E-state index is 12.1. The Bertz CT molecular complexity index is 630. The molecule has 0 radical (unpaired) electrons. The van der Waals surface area contributed by atoms with E-state index in [4.69, 9.17) is 4.74 Å². The number of ether oxygens (including phenoxy) is 1. The molecule has 0 N–H and O–H groups in total. The van der Waals surface area contributed by atoms with Gasteiger partial charge in [-0.3, -0.25) is 4.79 Å². The number of thioether (sulfide) groups is 1. The molecular formula is C18H18O2S. The number of rotatable bonds is 6. The standard InChI is InChI=1S/C18H18O2S/c1-3-21-17-10-8-15(9-11-17)18(19)12-7-14-5-4-6-16(13-14)20-2/h4-13H,3H2,1-2H3/b12-7+. The zero-order chi connectivity index (χ0) is 15.1. The molecule has 0 aliphatic carbocycles. The van der Waals surface area contributed by atoms with Gasteiger partial charge in [-0.15, -0.1) is 11.8 Å². The summed E-state index contributed by atoms with van der Waals surface area (Å²) < 4.78 is 5.16. The van der Waals surface area contributed by atoms with E-state index in [-0.39, 0.29) is 5.78 Å². The Morgan fingerprint density at radius 2 is 1.95 bits per heavy atom. The summed E-state index contributed by atoms with van der Waals surface area (Å²) in [7, 11) is 1.63. The number of carbonyl (C=O) groups excluding carboxylic acids is 1. The first-order valence-electron chi connectivity index (χ1n) is 6.82. The summed E-state index contributed by atoms with van der Waals surface area (Å²) in [6, 6.07) is 15.3. The minimum atomic E-state index is 0.00543. The van der Waals surface area contributed by atoms with Crippen LogP contribution < -0.4 is 4.74 Å². The predicted octanol–water partition coefficient (Wildman–Crippen LogP) is 4.70. The van der Waals surface area contributed by atoms with E-state index in [1.807, 2.05) is 48.5 Å². The molecule has 0 atom stereocenters. The zero-order valence-electron chi connectivity index (χ0n) is 12.2. The molecule has 0 saturated carbocycles. The molecule has 2 aromatic rings. The van der Waals surface area contributed by atoms with Gasteiger partial charge in [-0.05, 0) is 53.8 Å². The quantitative estimate of drug-likeness (QED) is 0.439. The third kappa shape index (κ3) is 4.50. The topological polar surface area (TPSA) is 26.3 Å². The van der Waals surface area contributed by atoms with Crippen LogP contribution in [0.5, 0.6) is 5.75 Å². The summed E-state index contributed by atoms with van der Waals surface area (Å²) in [4.78, 5) is 13.3. The van der Waals surface area contributed by atoms with E-state index in [0.717, 1.165) is 17.1 Å². The van der Waals surface area contributed by atoms with E-state index in [1.165, 1.54) is 4.90 Å². The number of hydrogen-bond donors (Lipinski definition) is 0. The highest BCUT2D eigenvalue weighted by atomic mass is 32.2. The molecule has 0 aliphatic heterocycles. The van der Waals surface area contributed by atoms with Crippen LogP contribution in [0.1, 0.15) is 22.8 Å². The second-order valence-electron chi connectivity index (χ2n) is 4.43. The SMILES string of the molecule is CCSc1ccc(C(=O)/C=C/c2cccc(OC)c2)cc1. The first kappa shape index (κ1) is 15.4. The van der Waals surface area contributed by atoms with Gasteiger partial charge in [-0.1, -0.05) is 25.1 Å². The lowest BCUT2D eigenvalue weighted by Gasteiger charge is -2.01. The molecule has 0 heterocycles. The maximum absolute atomic E-state index is 12.1. The molecule has 21 heavy (non-hydrogen) atoms. The van der Waals surface area contributed by atoms with Gasteiger partial charge in [-0.2, -0.15) is 0 Å². The first-order chi connectivity index (χ1) is 10.2. The van der Waals surface area contributed by atoms with Crippen LogP contribution >= 0.6 is 11.8 Å². The van der Waals surface area contributed by atoms with Crippen LogP contribution in [0.2, 0.25) is 0 Å². The normalized spacial score (nSPS) is 10.8. The van der Waals surface area contributed by atoms with Crippen LogP contribution in [0.15, 0.2) is 59.5 Å². The molecule has 0 saturated heterocycles. The third-order valence-electron chi connectivity index (χ3n) is 2.97. The maximum Gasteiger partial charge on any atom is 0.185 e. The molecule has 2 rings (SSSR count). The second-order valence-corrected chi connectivity index (χ2v) is 5.77. The zero-order valence-corrected chi connectivity index (χ0v) is 13.0. The molecule has 0 aromatic heterocycles. The molecule has 108 valence electrons. The first-order valence-corrected chi connectivity index (χ1v) is 7.81. The Balaban J connectivity index is 2.07. The lowest BCUT2D eigenvalue weighted by atomic mass is 10.1. The molecule has 0 bridgehead atoms. The molecule has 0 fully saturated rings. The molecule has 0 amide bonds. The highest BCUT2D eigenvalue weighted by Crippen LogP contribution is 2.18. The van der Waals surface area contributed by atoms with Crippen LogP contribution in [-0.2, 0) is 0 Å². The number of carbonyl (C=O) groups is 1. The summed E-state index contributed by atoms with van der Waals surface area (Å²) in [6.45, 7) is 2.11. The van der Waals surface area contributed by atoms with E-state index >= 15 is 0 Å². The molecule has 0 unspecified atom stereocenters. The van der Waals surface area contributed by atoms with Crippen LogP contribution in [0, 0.1) is 0 Å². The van der Waals surface area contributed by atoms with Crippen LogP contribution in [0.4, 0.5) is 0 Å². The fourth-order valence-corrected chi connectivity index (χ4v) is 2.56. The van der Waals surface area contributed by atoms with E-state index in [1.54, 1.807) is 31.0 Å². The summed E-state index contributed by atoms with van der Waals surface area (Å²) >= 11 is 1.77. The van der Waals surface area contributed by atoms with Crippen LogP contribution in [0.3, 0.4) is 0 Å². The third-order valence-corrected chi connectivity index (χ3v) is 3.86. The minimum absolute atomic E-state index is 0.00543. The van der Waals surface area contributed by atoms with Crippen molar-refractivity contribution in [3.05, 3.63) is 65.7 Å². The predicted molar refractivity (Wildman–Crippen MR) is 89.2 cm³/mol. The van der Waals surface area contributed by atoms with Crippen molar-refractivity contribution in [3.63, 3.8) is 0 Å². The Morgan fingerprint density at radius 1 is 1.19 bits per heavy atom. The van der Waals surface area contributed by atoms with E-state index < -0.39 is 0 Å². The lowest BCUT2D eigenvalue weighted by molar-refractivity contribution is 0.104. The Morgan fingerprint density at radius 3 is 2.62 bits per heavy atom. The molecular weight excluding hydrogens is 280 g/mol. The largest absolute Gasteiger partial charge is 0.497 e. The fraction of sp³-hybridized carbons (Fsp3) is 0.167. The Labute approximate surface area is 129 Å². The minimum Gasteiger partial charge on any atom is -0.497 e. The van der Waals surface area contributed by atoms with Crippen molar-refractivity contribution in [1.82, 2.24) is 0 Å². The highest BCUT2D eigenvalue weighted by Gasteiger charge is 2.02. The van der Waals surface area contributed by atoms with Gasteiger partial charge in [0.25, 0.3) is 0 Å². The monoisotopic (exact) mass is 298 g/mol. The Kier molecular flexibility index (Phi) is 5.64. The average Bonchev–Trinajstić information content (AvgIpc) is 2.54. The van der Waals surface area contributed by atoms with Crippen molar-refractivity contribution in [3.8, 4) is 5.75 Å². The van der Waals surface area contributed by atoms with Gasteiger partial charge < -0.3 is 4.74 Å². The van der Waals surface area contributed by atoms with E-state index in [2.05, 4.69) is 6.92 Å². The number of methoxy groups -OCH3 is 1. The van der Waals surface area contributed by atoms with Crippen molar-refractivity contribution >= 4 is 23.6 Å². The van der Waals surface area contributed by atoms with Crippen LogP contribution in [0.25, 0.3) is 6.08 Å². The summed E-state index contributed by atoms with van der Waals surface area (Å²) in [5.41, 5.74) is 1.65. The van der Waals surface area contributed by atoms with Gasteiger partial charge >= 0.3 is 0 Å². The molecule has 3 heteroatoms. The number of allylic oxidation sites excluding steroid dienone is 1. The highest BCUT2D eigenvalue weighted by molar-refractivity contribution is 7.99. The van der Waals surface area contributed by atoms with Gasteiger partial charge in [-0.25, -0.2) is 0 Å². The van der Waals surface area contributed by atoms with Gasteiger partial charge in [0.1, 0.15) is 5.75 Å². The van der Waals surface area contributed by atoms with Gasteiger partial charge in [0.15, 0.2) is 5.78 Å². The van der Waals surface area contributed by atoms with E-state index in [0.29, 0.717) is 5.56 Å². The van der Waals surface area contributed by atoms with Crippen LogP contribution in [-0.4, -0.2) is 18.6 Å². The molecule has 2 aromatic carbocycles. The van der Waals surface area contributed by atoms with Gasteiger partial charge in [0, 0.05) is 10.5 Å². The van der Waals surface area contributed by atoms with Gasteiger partial charge in [0.05, 0.1) is 7.11 Å². The smallest absolute Gasteiger partial charge is 0.185 e. The Hall–Kier alpha value is -2.00. The summed E-state index contributed by atoms with van der Waals surface area (Å²) in [5, 5.41) is 0. The number of benzene rings is 2. The van der Waals surface area contributed by atoms with Gasteiger partial charge in [0.2, 0.25) is 0 Å². The number of ketones is 1. The van der Waals surface area contributed by atoms with E-state index in [9.17, 15) is 4.79 Å². The fourth-order valence-electron chi connectivity index (χ4n) is 1.90. The average molecular weight is 298 g/mol. The molecule has 0 aliphatic rings. The van der Waals surface area contributed by atoms with Crippen molar-refractivity contribution in [2.75, 3.05) is 12.9 Å². The van der Waals surface area contributed by atoms with Crippen molar-refractivity contribution in [1.29, 1.82) is 0 Å². The summed E-state index contributed by atoms with van der Waals surface area (Å²) in [5.74, 6) is 1.82. The second kappa shape index (κ2) is 7.70.